The molecule has 5 nitrogen and oxygen atoms in total. The molecule has 0 bridgehead atoms. The summed E-state index contributed by atoms with van der Waals surface area (Å²) < 4.78 is 0. The molecule has 2 amide bonds. The molecule has 5 heteroatoms. The predicted molar refractivity (Wildman–Crippen MR) is 61.4 cm³/mol. The van der Waals surface area contributed by atoms with Crippen molar-refractivity contribution >= 4 is 12.0 Å². The Morgan fingerprint density at radius 3 is 2.41 bits per heavy atom. The minimum atomic E-state index is -1.03. The molecular formula is C12H14N2O3. The number of carboxylic acids is 1. The molecule has 1 aliphatic carbocycles. The quantitative estimate of drug-likeness (QED) is 0.730. The van der Waals surface area contributed by atoms with E-state index < -0.39 is 17.5 Å². The van der Waals surface area contributed by atoms with E-state index >= 15 is 0 Å². The summed E-state index contributed by atoms with van der Waals surface area (Å²) in [6.45, 7) is 0.391. The van der Waals surface area contributed by atoms with E-state index in [0.717, 1.165) is 5.56 Å². The van der Waals surface area contributed by atoms with E-state index in [1.165, 1.54) is 0 Å². The molecule has 17 heavy (non-hydrogen) atoms. The van der Waals surface area contributed by atoms with Crippen LogP contribution in [0.3, 0.4) is 0 Å². The Hall–Kier alpha value is -2.04. The molecule has 1 saturated carbocycles. The van der Waals surface area contributed by atoms with Gasteiger partial charge >= 0.3 is 12.0 Å². The first kappa shape index (κ1) is 11.4. The van der Waals surface area contributed by atoms with Crippen molar-refractivity contribution in [3.05, 3.63) is 35.9 Å². The normalized spacial score (nSPS) is 16.0. The molecule has 1 aliphatic rings. The Morgan fingerprint density at radius 1 is 1.24 bits per heavy atom. The number of hydrogen-bond donors (Lipinski definition) is 3. The summed E-state index contributed by atoms with van der Waals surface area (Å²) in [5, 5.41) is 14.0. The van der Waals surface area contributed by atoms with E-state index in [4.69, 9.17) is 5.11 Å². The van der Waals surface area contributed by atoms with Crippen LogP contribution >= 0.6 is 0 Å². The Morgan fingerprint density at radius 2 is 1.88 bits per heavy atom. The summed E-state index contributed by atoms with van der Waals surface area (Å²) in [5.74, 6) is -0.965. The molecule has 0 saturated heterocycles. The van der Waals surface area contributed by atoms with Crippen molar-refractivity contribution in [3.63, 3.8) is 0 Å². The monoisotopic (exact) mass is 234 g/mol. The molecule has 1 aromatic carbocycles. The number of carboxylic acid groups (broad SMARTS) is 1. The number of amides is 2. The molecule has 0 spiro atoms. The molecule has 3 N–H and O–H groups in total. The molecule has 0 atom stereocenters. The predicted octanol–water partition coefficient (Wildman–Crippen LogP) is 1.10. The lowest BCUT2D eigenvalue weighted by Gasteiger charge is -2.13. The third-order valence-electron chi connectivity index (χ3n) is 2.81. The van der Waals surface area contributed by atoms with Gasteiger partial charge in [-0.15, -0.1) is 0 Å². The van der Waals surface area contributed by atoms with E-state index in [-0.39, 0.29) is 0 Å². The van der Waals surface area contributed by atoms with Crippen molar-refractivity contribution in [3.8, 4) is 0 Å². The molecule has 0 aliphatic heterocycles. The average Bonchev–Trinajstić information content (AvgIpc) is 3.09. The van der Waals surface area contributed by atoms with Gasteiger partial charge in [-0.1, -0.05) is 30.3 Å². The van der Waals surface area contributed by atoms with Gasteiger partial charge in [0, 0.05) is 6.54 Å². The van der Waals surface area contributed by atoms with Crippen LogP contribution < -0.4 is 10.6 Å². The largest absolute Gasteiger partial charge is 0.480 e. The van der Waals surface area contributed by atoms with Gasteiger partial charge in [0.15, 0.2) is 0 Å². The maximum absolute atomic E-state index is 11.5. The summed E-state index contributed by atoms with van der Waals surface area (Å²) in [7, 11) is 0. The van der Waals surface area contributed by atoms with Gasteiger partial charge < -0.3 is 15.7 Å². The summed E-state index contributed by atoms with van der Waals surface area (Å²) in [5.41, 5.74) is -0.0522. The summed E-state index contributed by atoms with van der Waals surface area (Å²) >= 11 is 0. The Bertz CT molecular complexity index is 427. The summed E-state index contributed by atoms with van der Waals surface area (Å²) in [6, 6.07) is 9.01. The highest BCUT2D eigenvalue weighted by atomic mass is 16.4. The van der Waals surface area contributed by atoms with E-state index in [1.807, 2.05) is 30.3 Å². The third-order valence-corrected chi connectivity index (χ3v) is 2.81. The molecule has 0 radical (unpaired) electrons. The van der Waals surface area contributed by atoms with E-state index in [2.05, 4.69) is 10.6 Å². The molecule has 0 aromatic heterocycles. The first-order chi connectivity index (χ1) is 8.12. The standard InChI is InChI=1S/C12H14N2O3/c15-10(16)12(6-7-12)14-11(17)13-8-9-4-2-1-3-5-9/h1-5H,6-8H2,(H,15,16)(H2,13,14,17). The van der Waals surface area contributed by atoms with Gasteiger partial charge in [0.25, 0.3) is 0 Å². The molecule has 1 aromatic rings. The van der Waals surface area contributed by atoms with Crippen LogP contribution in [-0.4, -0.2) is 22.6 Å². The number of carbonyl (C=O) groups is 2. The molecule has 2 rings (SSSR count). The van der Waals surface area contributed by atoms with Crippen molar-refractivity contribution in [2.75, 3.05) is 0 Å². The number of urea groups is 1. The van der Waals surface area contributed by atoms with E-state index in [1.54, 1.807) is 0 Å². The Balaban J connectivity index is 1.81. The van der Waals surface area contributed by atoms with Gasteiger partial charge in [0.05, 0.1) is 0 Å². The fourth-order valence-electron chi connectivity index (χ4n) is 1.56. The third kappa shape index (κ3) is 2.75. The van der Waals surface area contributed by atoms with Gasteiger partial charge in [-0.05, 0) is 18.4 Å². The minimum absolute atomic E-state index is 0.391. The SMILES string of the molecule is O=C(NCc1ccccc1)NC1(C(=O)O)CC1. The second-order valence-electron chi connectivity index (χ2n) is 4.18. The van der Waals surface area contributed by atoms with Crippen molar-refractivity contribution in [1.82, 2.24) is 10.6 Å². The molecule has 1 fully saturated rings. The van der Waals surface area contributed by atoms with Crippen LogP contribution in [0, 0.1) is 0 Å². The number of hydrogen-bond acceptors (Lipinski definition) is 2. The second kappa shape index (κ2) is 4.45. The van der Waals surface area contributed by atoms with Crippen LogP contribution in [0.25, 0.3) is 0 Å². The highest BCUT2D eigenvalue weighted by Gasteiger charge is 2.51. The van der Waals surface area contributed by atoms with Crippen LogP contribution in [0.2, 0.25) is 0 Å². The number of nitrogens with one attached hydrogen (secondary N) is 2. The zero-order chi connectivity index (χ0) is 12.3. The molecular weight excluding hydrogens is 220 g/mol. The molecule has 0 unspecified atom stereocenters. The summed E-state index contributed by atoms with van der Waals surface area (Å²) in [4.78, 5) is 22.3. The maximum Gasteiger partial charge on any atom is 0.329 e. The van der Waals surface area contributed by atoms with Crippen LogP contribution in [0.15, 0.2) is 30.3 Å². The average molecular weight is 234 g/mol. The minimum Gasteiger partial charge on any atom is -0.480 e. The first-order valence-corrected chi connectivity index (χ1v) is 5.46. The number of benzene rings is 1. The zero-order valence-corrected chi connectivity index (χ0v) is 9.27. The maximum atomic E-state index is 11.5. The smallest absolute Gasteiger partial charge is 0.329 e. The molecule has 90 valence electrons. The van der Waals surface area contributed by atoms with Gasteiger partial charge in [-0.25, -0.2) is 9.59 Å². The van der Waals surface area contributed by atoms with Crippen LogP contribution in [0.5, 0.6) is 0 Å². The second-order valence-corrected chi connectivity index (χ2v) is 4.18. The highest BCUT2D eigenvalue weighted by molar-refractivity contribution is 5.88. The molecule has 0 heterocycles. The zero-order valence-electron chi connectivity index (χ0n) is 9.27. The van der Waals surface area contributed by atoms with Crippen LogP contribution in [0.4, 0.5) is 4.79 Å². The van der Waals surface area contributed by atoms with Gasteiger partial charge in [0.2, 0.25) is 0 Å². The van der Waals surface area contributed by atoms with Crippen molar-refractivity contribution in [2.24, 2.45) is 0 Å². The van der Waals surface area contributed by atoms with Crippen molar-refractivity contribution < 1.29 is 14.7 Å². The topological polar surface area (TPSA) is 78.4 Å². The lowest BCUT2D eigenvalue weighted by atomic mass is 10.2. The van der Waals surface area contributed by atoms with Gasteiger partial charge in [-0.2, -0.15) is 0 Å². The first-order valence-electron chi connectivity index (χ1n) is 5.46. The van der Waals surface area contributed by atoms with Gasteiger partial charge in [0.1, 0.15) is 5.54 Å². The summed E-state index contributed by atoms with van der Waals surface area (Å²) in [6.07, 6.45) is 1.00. The van der Waals surface area contributed by atoms with Crippen LogP contribution in [0.1, 0.15) is 18.4 Å². The lowest BCUT2D eigenvalue weighted by molar-refractivity contribution is -0.140. The lowest BCUT2D eigenvalue weighted by Crippen LogP contribution is -2.47. The number of carbonyl (C=O) groups excluding carboxylic acids is 1. The Kier molecular flexibility index (Phi) is 2.99. The fraction of sp³-hybridized carbons (Fsp3) is 0.333. The van der Waals surface area contributed by atoms with Crippen molar-refractivity contribution in [1.29, 1.82) is 0 Å². The van der Waals surface area contributed by atoms with E-state index in [9.17, 15) is 9.59 Å². The van der Waals surface area contributed by atoms with Gasteiger partial charge in [-0.3, -0.25) is 0 Å². The fourth-order valence-corrected chi connectivity index (χ4v) is 1.56. The number of rotatable bonds is 4. The Labute approximate surface area is 98.8 Å². The number of aliphatic carboxylic acids is 1. The van der Waals surface area contributed by atoms with Crippen LogP contribution in [-0.2, 0) is 11.3 Å². The van der Waals surface area contributed by atoms with Crippen molar-refractivity contribution in [2.45, 2.75) is 24.9 Å². The highest BCUT2D eigenvalue weighted by Crippen LogP contribution is 2.35. The van der Waals surface area contributed by atoms with E-state index in [0.29, 0.717) is 19.4 Å².